The van der Waals surface area contributed by atoms with E-state index in [1.54, 1.807) is 0 Å². The Labute approximate surface area is 135 Å². The van der Waals surface area contributed by atoms with E-state index in [2.05, 4.69) is 38.3 Å². The van der Waals surface area contributed by atoms with Gasteiger partial charge in [0.05, 0.1) is 0 Å². The summed E-state index contributed by atoms with van der Waals surface area (Å²) in [5, 5.41) is 5.60. The second-order valence-corrected chi connectivity index (χ2v) is 7.70. The molecule has 0 bridgehead atoms. The van der Waals surface area contributed by atoms with Crippen molar-refractivity contribution in [2.24, 2.45) is 11.3 Å². The maximum Gasteiger partial charge on any atom is 0.309 e. The van der Waals surface area contributed by atoms with E-state index in [0.717, 1.165) is 38.5 Å². The van der Waals surface area contributed by atoms with Crippen molar-refractivity contribution < 1.29 is 9.59 Å². The van der Waals surface area contributed by atoms with E-state index in [0.29, 0.717) is 17.9 Å². The number of unbranched alkanes of at least 4 members (excludes halogenated alkanes) is 3. The van der Waals surface area contributed by atoms with Crippen LogP contribution >= 0.6 is 0 Å². The standard InChI is InChI=1S/C18H34N2O2/c1-5-6-7-8-13-19-16(21)17(22)20-15-11-9-14(10-12-15)18(2,3)4/h14-15H,5-13H2,1-4H3,(H,19,21)(H,20,22). The molecule has 0 unspecified atom stereocenters. The molecule has 1 fully saturated rings. The summed E-state index contributed by atoms with van der Waals surface area (Å²) < 4.78 is 0. The maximum absolute atomic E-state index is 11.9. The molecule has 4 nitrogen and oxygen atoms in total. The van der Waals surface area contributed by atoms with E-state index in [4.69, 9.17) is 0 Å². The van der Waals surface area contributed by atoms with Gasteiger partial charge in [-0.15, -0.1) is 0 Å². The molecule has 0 radical (unpaired) electrons. The van der Waals surface area contributed by atoms with Gasteiger partial charge in [0.15, 0.2) is 0 Å². The van der Waals surface area contributed by atoms with Crippen LogP contribution < -0.4 is 10.6 Å². The summed E-state index contributed by atoms with van der Waals surface area (Å²) in [5.41, 5.74) is 0.338. The first-order valence-electron chi connectivity index (χ1n) is 8.93. The third-order valence-electron chi connectivity index (χ3n) is 4.81. The predicted octanol–water partition coefficient (Wildman–Crippen LogP) is 3.40. The minimum atomic E-state index is -0.477. The van der Waals surface area contributed by atoms with Crippen LogP contribution in [0.4, 0.5) is 0 Å². The zero-order valence-electron chi connectivity index (χ0n) is 14.8. The molecule has 0 atom stereocenters. The van der Waals surface area contributed by atoms with Crippen molar-refractivity contribution in [1.29, 1.82) is 0 Å². The third-order valence-corrected chi connectivity index (χ3v) is 4.81. The fourth-order valence-corrected chi connectivity index (χ4v) is 3.19. The molecule has 1 aliphatic rings. The number of carbonyl (C=O) groups excluding carboxylic acids is 2. The topological polar surface area (TPSA) is 58.2 Å². The van der Waals surface area contributed by atoms with Gasteiger partial charge in [-0.25, -0.2) is 0 Å². The van der Waals surface area contributed by atoms with Crippen molar-refractivity contribution in [2.75, 3.05) is 6.54 Å². The molecule has 1 rings (SSSR count). The highest BCUT2D eigenvalue weighted by Crippen LogP contribution is 2.37. The first-order valence-corrected chi connectivity index (χ1v) is 8.93. The highest BCUT2D eigenvalue weighted by molar-refractivity contribution is 6.35. The Bertz CT molecular complexity index is 353. The second-order valence-electron chi connectivity index (χ2n) is 7.70. The van der Waals surface area contributed by atoms with Gasteiger partial charge in [-0.2, -0.15) is 0 Å². The minimum Gasteiger partial charge on any atom is -0.348 e. The molecule has 1 saturated carbocycles. The Morgan fingerprint density at radius 3 is 2.14 bits per heavy atom. The quantitative estimate of drug-likeness (QED) is 0.583. The van der Waals surface area contributed by atoms with Crippen LogP contribution in [0.15, 0.2) is 0 Å². The first kappa shape index (κ1) is 19.0. The van der Waals surface area contributed by atoms with Crippen LogP contribution in [0, 0.1) is 11.3 Å². The van der Waals surface area contributed by atoms with Gasteiger partial charge in [-0.3, -0.25) is 9.59 Å². The van der Waals surface area contributed by atoms with Crippen LogP contribution in [-0.2, 0) is 9.59 Å². The number of nitrogens with one attached hydrogen (secondary N) is 2. The highest BCUT2D eigenvalue weighted by Gasteiger charge is 2.30. The molecule has 4 heteroatoms. The summed E-state index contributed by atoms with van der Waals surface area (Å²) in [6, 6.07) is 0.164. The molecule has 1 aliphatic carbocycles. The Morgan fingerprint density at radius 2 is 1.59 bits per heavy atom. The van der Waals surface area contributed by atoms with Crippen molar-refractivity contribution in [1.82, 2.24) is 10.6 Å². The summed E-state index contributed by atoms with van der Waals surface area (Å²) in [6.07, 6.45) is 8.64. The summed E-state index contributed by atoms with van der Waals surface area (Å²) in [4.78, 5) is 23.6. The predicted molar refractivity (Wildman–Crippen MR) is 90.5 cm³/mol. The Hall–Kier alpha value is -1.06. The monoisotopic (exact) mass is 310 g/mol. The summed E-state index contributed by atoms with van der Waals surface area (Å²) in [7, 11) is 0. The number of hydrogen-bond acceptors (Lipinski definition) is 2. The van der Waals surface area contributed by atoms with E-state index in [9.17, 15) is 9.59 Å². The van der Waals surface area contributed by atoms with E-state index in [1.807, 2.05) is 0 Å². The van der Waals surface area contributed by atoms with Gasteiger partial charge in [0.1, 0.15) is 0 Å². The van der Waals surface area contributed by atoms with Gasteiger partial charge in [0.2, 0.25) is 0 Å². The molecular weight excluding hydrogens is 276 g/mol. The normalized spacial score (nSPS) is 22.2. The van der Waals surface area contributed by atoms with Crippen LogP contribution in [0.25, 0.3) is 0 Å². The molecular formula is C18H34N2O2. The molecule has 0 heterocycles. The number of amides is 2. The Balaban J connectivity index is 2.21. The van der Waals surface area contributed by atoms with Gasteiger partial charge in [0, 0.05) is 12.6 Å². The molecule has 0 aliphatic heterocycles. The Kier molecular flexibility index (Phi) is 7.91. The summed E-state index contributed by atoms with van der Waals surface area (Å²) in [6.45, 7) is 9.59. The lowest BCUT2D eigenvalue weighted by atomic mass is 9.71. The van der Waals surface area contributed by atoms with Gasteiger partial charge >= 0.3 is 11.8 Å². The first-order chi connectivity index (χ1) is 10.3. The number of carbonyl (C=O) groups is 2. The SMILES string of the molecule is CCCCCCNC(=O)C(=O)NC1CCC(C(C)(C)C)CC1. The van der Waals surface area contributed by atoms with E-state index in [-0.39, 0.29) is 6.04 Å². The molecule has 0 aromatic heterocycles. The lowest BCUT2D eigenvalue weighted by Gasteiger charge is -2.37. The van der Waals surface area contributed by atoms with Gasteiger partial charge in [0.25, 0.3) is 0 Å². The van der Waals surface area contributed by atoms with Crippen LogP contribution in [0.1, 0.15) is 79.1 Å². The molecule has 0 aromatic rings. The molecule has 0 saturated heterocycles. The van der Waals surface area contributed by atoms with Gasteiger partial charge in [-0.05, 0) is 43.4 Å². The number of hydrogen-bond donors (Lipinski definition) is 2. The zero-order valence-corrected chi connectivity index (χ0v) is 14.8. The van der Waals surface area contributed by atoms with E-state index < -0.39 is 11.8 Å². The number of rotatable bonds is 6. The average molecular weight is 310 g/mol. The molecule has 128 valence electrons. The highest BCUT2D eigenvalue weighted by atomic mass is 16.2. The van der Waals surface area contributed by atoms with Crippen LogP contribution in [-0.4, -0.2) is 24.4 Å². The van der Waals surface area contributed by atoms with E-state index in [1.165, 1.54) is 12.8 Å². The molecule has 0 spiro atoms. The van der Waals surface area contributed by atoms with Crippen molar-refractivity contribution in [3.05, 3.63) is 0 Å². The second kappa shape index (κ2) is 9.16. The van der Waals surface area contributed by atoms with Crippen molar-refractivity contribution in [3.8, 4) is 0 Å². The largest absolute Gasteiger partial charge is 0.348 e. The molecule has 2 amide bonds. The molecule has 22 heavy (non-hydrogen) atoms. The van der Waals surface area contributed by atoms with Crippen LogP contribution in [0.3, 0.4) is 0 Å². The minimum absolute atomic E-state index is 0.164. The van der Waals surface area contributed by atoms with Gasteiger partial charge in [-0.1, -0.05) is 47.0 Å². The van der Waals surface area contributed by atoms with Crippen molar-refractivity contribution >= 4 is 11.8 Å². The maximum atomic E-state index is 11.9. The molecule has 2 N–H and O–H groups in total. The summed E-state index contributed by atoms with van der Waals surface area (Å²) in [5.74, 6) is -0.225. The zero-order chi connectivity index (χ0) is 16.6. The van der Waals surface area contributed by atoms with Crippen molar-refractivity contribution in [2.45, 2.75) is 85.1 Å². The fraction of sp³-hybridized carbons (Fsp3) is 0.889. The molecule has 0 aromatic carbocycles. The smallest absolute Gasteiger partial charge is 0.309 e. The van der Waals surface area contributed by atoms with Crippen molar-refractivity contribution in [3.63, 3.8) is 0 Å². The van der Waals surface area contributed by atoms with E-state index >= 15 is 0 Å². The van der Waals surface area contributed by atoms with Crippen LogP contribution in [0.2, 0.25) is 0 Å². The van der Waals surface area contributed by atoms with Crippen LogP contribution in [0.5, 0.6) is 0 Å². The summed E-state index contributed by atoms with van der Waals surface area (Å²) >= 11 is 0. The lowest BCUT2D eigenvalue weighted by molar-refractivity contribution is -0.139. The van der Waals surface area contributed by atoms with Gasteiger partial charge < -0.3 is 10.6 Å². The average Bonchev–Trinajstić information content (AvgIpc) is 2.46. The Morgan fingerprint density at radius 1 is 0.955 bits per heavy atom. The lowest BCUT2D eigenvalue weighted by Crippen LogP contribution is -2.46. The third kappa shape index (κ3) is 6.80. The fourth-order valence-electron chi connectivity index (χ4n) is 3.19.